The summed E-state index contributed by atoms with van der Waals surface area (Å²) in [6.07, 6.45) is 2.33. The normalized spacial score (nSPS) is 16.7. The summed E-state index contributed by atoms with van der Waals surface area (Å²) in [6, 6.07) is 3.00. The summed E-state index contributed by atoms with van der Waals surface area (Å²) < 4.78 is 34.8. The van der Waals surface area contributed by atoms with Gasteiger partial charge in [-0.1, -0.05) is 11.6 Å². The lowest BCUT2D eigenvalue weighted by Crippen LogP contribution is -2.46. The van der Waals surface area contributed by atoms with Gasteiger partial charge in [0.25, 0.3) is 5.91 Å². The Bertz CT molecular complexity index is 715. The van der Waals surface area contributed by atoms with Crippen molar-refractivity contribution in [1.82, 2.24) is 9.62 Å². The van der Waals surface area contributed by atoms with Crippen molar-refractivity contribution in [3.05, 3.63) is 22.7 Å². The summed E-state index contributed by atoms with van der Waals surface area (Å²) >= 11 is 6.11. The topological polar surface area (TPSA) is 84.9 Å². The van der Waals surface area contributed by atoms with Crippen molar-refractivity contribution in [3.63, 3.8) is 0 Å². The maximum absolute atomic E-state index is 12.4. The molecule has 9 heteroatoms. The number of hydrogen-bond acceptors (Lipinski definition) is 5. The van der Waals surface area contributed by atoms with E-state index in [-0.39, 0.29) is 17.0 Å². The van der Waals surface area contributed by atoms with Crippen LogP contribution in [0.1, 0.15) is 23.2 Å². The van der Waals surface area contributed by atoms with E-state index in [9.17, 15) is 13.2 Å². The number of nitrogens with zero attached hydrogens (tertiary/aromatic N) is 1. The third kappa shape index (κ3) is 4.31. The lowest BCUT2D eigenvalue weighted by molar-refractivity contribution is 0.0923. The first-order valence-corrected chi connectivity index (χ1v) is 9.66. The highest BCUT2D eigenvalue weighted by Gasteiger charge is 2.26. The zero-order valence-electron chi connectivity index (χ0n) is 13.8. The third-order valence-electron chi connectivity index (χ3n) is 3.95. The van der Waals surface area contributed by atoms with Gasteiger partial charge in [-0.3, -0.25) is 4.79 Å². The van der Waals surface area contributed by atoms with Gasteiger partial charge in [-0.15, -0.1) is 0 Å². The van der Waals surface area contributed by atoms with Gasteiger partial charge in [0.2, 0.25) is 10.0 Å². The van der Waals surface area contributed by atoms with E-state index in [4.69, 9.17) is 21.1 Å². The molecule has 1 N–H and O–H groups in total. The molecule has 2 rings (SSSR count). The number of carbonyl (C=O) groups is 1. The van der Waals surface area contributed by atoms with Crippen LogP contribution in [-0.4, -0.2) is 58.2 Å². The molecule has 1 amide bonds. The van der Waals surface area contributed by atoms with Gasteiger partial charge in [-0.05, 0) is 25.0 Å². The summed E-state index contributed by atoms with van der Waals surface area (Å²) in [5, 5.41) is 3.19. The van der Waals surface area contributed by atoms with Gasteiger partial charge in [0.15, 0.2) is 11.5 Å². The van der Waals surface area contributed by atoms with E-state index in [2.05, 4.69) is 5.32 Å². The number of sulfonamides is 1. The summed E-state index contributed by atoms with van der Waals surface area (Å²) in [6.45, 7) is 0.799. The van der Waals surface area contributed by atoms with Crippen molar-refractivity contribution in [3.8, 4) is 11.5 Å². The zero-order chi connectivity index (χ0) is 17.9. The smallest absolute Gasteiger partial charge is 0.251 e. The molecule has 0 bridgehead atoms. The molecule has 1 aromatic carbocycles. The number of methoxy groups -OCH3 is 2. The molecule has 24 heavy (non-hydrogen) atoms. The van der Waals surface area contributed by atoms with Crippen LogP contribution in [0.2, 0.25) is 5.02 Å². The highest BCUT2D eigenvalue weighted by molar-refractivity contribution is 7.88. The Morgan fingerprint density at radius 1 is 1.25 bits per heavy atom. The van der Waals surface area contributed by atoms with Crippen LogP contribution in [0.15, 0.2) is 12.1 Å². The molecule has 134 valence electrons. The van der Waals surface area contributed by atoms with Crippen LogP contribution < -0.4 is 14.8 Å². The van der Waals surface area contributed by atoms with Gasteiger partial charge in [0, 0.05) is 24.7 Å². The van der Waals surface area contributed by atoms with E-state index in [1.54, 1.807) is 6.07 Å². The largest absolute Gasteiger partial charge is 0.493 e. The van der Waals surface area contributed by atoms with Gasteiger partial charge in [0.05, 0.1) is 25.5 Å². The van der Waals surface area contributed by atoms with Crippen LogP contribution in [0.3, 0.4) is 0 Å². The summed E-state index contributed by atoms with van der Waals surface area (Å²) in [7, 11) is -0.239. The highest BCUT2D eigenvalue weighted by atomic mass is 35.5. The zero-order valence-corrected chi connectivity index (χ0v) is 15.4. The minimum Gasteiger partial charge on any atom is -0.493 e. The second-order valence-corrected chi connectivity index (χ2v) is 7.99. The van der Waals surface area contributed by atoms with E-state index >= 15 is 0 Å². The predicted molar refractivity (Wildman–Crippen MR) is 91.5 cm³/mol. The Morgan fingerprint density at radius 3 is 2.38 bits per heavy atom. The fraction of sp³-hybridized carbons (Fsp3) is 0.533. The minimum atomic E-state index is -3.18. The molecule has 1 saturated heterocycles. The molecule has 0 saturated carbocycles. The number of ether oxygens (including phenoxy) is 2. The second-order valence-electron chi connectivity index (χ2n) is 5.60. The van der Waals surface area contributed by atoms with E-state index in [0.717, 1.165) is 0 Å². The number of rotatable bonds is 5. The van der Waals surface area contributed by atoms with Crippen molar-refractivity contribution in [1.29, 1.82) is 0 Å². The molecule has 0 unspecified atom stereocenters. The number of piperidine rings is 1. The third-order valence-corrected chi connectivity index (χ3v) is 5.54. The molecular weight excluding hydrogens is 356 g/mol. The van der Waals surface area contributed by atoms with Crippen molar-refractivity contribution in [2.45, 2.75) is 18.9 Å². The minimum absolute atomic E-state index is 0.0811. The molecule has 0 spiro atoms. The van der Waals surface area contributed by atoms with Crippen molar-refractivity contribution in [2.75, 3.05) is 33.6 Å². The van der Waals surface area contributed by atoms with E-state index in [1.165, 1.54) is 30.8 Å². The second kappa shape index (κ2) is 7.58. The van der Waals surface area contributed by atoms with Crippen LogP contribution >= 0.6 is 11.6 Å². The predicted octanol–water partition coefficient (Wildman–Crippen LogP) is 1.51. The first-order valence-electron chi connectivity index (χ1n) is 7.43. The molecule has 1 aliphatic rings. The maximum atomic E-state index is 12.4. The van der Waals surface area contributed by atoms with Crippen LogP contribution in [-0.2, 0) is 10.0 Å². The van der Waals surface area contributed by atoms with Crippen LogP contribution in [0, 0.1) is 0 Å². The Labute approximate surface area is 146 Å². The van der Waals surface area contributed by atoms with Crippen LogP contribution in [0.5, 0.6) is 11.5 Å². The molecular formula is C15H21ClN2O5S. The number of halogens is 1. The molecule has 0 aromatic heterocycles. The SMILES string of the molecule is COc1cc(C(=O)NC2CCN(S(C)(=O)=O)CC2)cc(Cl)c1OC. The van der Waals surface area contributed by atoms with Gasteiger partial charge in [0.1, 0.15) is 0 Å². The number of nitrogens with one attached hydrogen (secondary N) is 1. The van der Waals surface area contributed by atoms with Crippen LogP contribution in [0.25, 0.3) is 0 Å². The quantitative estimate of drug-likeness (QED) is 0.842. The van der Waals surface area contributed by atoms with E-state index in [0.29, 0.717) is 43.0 Å². The Hall–Kier alpha value is -1.51. The summed E-state index contributed by atoms with van der Waals surface area (Å²) in [5.41, 5.74) is 0.364. The standard InChI is InChI=1S/C15H21ClN2O5S/c1-22-13-9-10(8-12(16)14(13)23-2)15(19)17-11-4-6-18(7-5-11)24(3,20)21/h8-9,11H,4-7H2,1-3H3,(H,17,19). The molecule has 0 radical (unpaired) electrons. The summed E-state index contributed by atoms with van der Waals surface area (Å²) in [4.78, 5) is 12.4. The maximum Gasteiger partial charge on any atom is 0.251 e. The lowest BCUT2D eigenvalue weighted by atomic mass is 10.1. The highest BCUT2D eigenvalue weighted by Crippen LogP contribution is 2.36. The monoisotopic (exact) mass is 376 g/mol. The average molecular weight is 377 g/mol. The van der Waals surface area contributed by atoms with Gasteiger partial charge >= 0.3 is 0 Å². The molecule has 0 atom stereocenters. The van der Waals surface area contributed by atoms with Crippen molar-refractivity contribution < 1.29 is 22.7 Å². The number of carbonyl (C=O) groups excluding carboxylic acids is 1. The van der Waals surface area contributed by atoms with Crippen molar-refractivity contribution >= 4 is 27.5 Å². The lowest BCUT2D eigenvalue weighted by Gasteiger charge is -2.30. The Morgan fingerprint density at radius 2 is 1.88 bits per heavy atom. The molecule has 1 aliphatic heterocycles. The molecule has 0 aliphatic carbocycles. The average Bonchev–Trinajstić information content (AvgIpc) is 2.53. The first kappa shape index (κ1) is 18.8. The number of hydrogen-bond donors (Lipinski definition) is 1. The molecule has 7 nitrogen and oxygen atoms in total. The van der Waals surface area contributed by atoms with Crippen LogP contribution in [0.4, 0.5) is 0 Å². The van der Waals surface area contributed by atoms with Gasteiger partial charge in [-0.2, -0.15) is 0 Å². The molecule has 1 aromatic rings. The molecule has 1 fully saturated rings. The fourth-order valence-corrected chi connectivity index (χ4v) is 3.81. The Balaban J connectivity index is 2.05. The van der Waals surface area contributed by atoms with E-state index in [1.807, 2.05) is 0 Å². The molecule has 1 heterocycles. The van der Waals surface area contributed by atoms with Gasteiger partial charge < -0.3 is 14.8 Å². The number of amides is 1. The van der Waals surface area contributed by atoms with Gasteiger partial charge in [-0.25, -0.2) is 12.7 Å². The first-order chi connectivity index (χ1) is 11.3. The number of benzene rings is 1. The van der Waals surface area contributed by atoms with Crippen molar-refractivity contribution in [2.24, 2.45) is 0 Å². The fourth-order valence-electron chi connectivity index (χ4n) is 2.65. The Kier molecular flexibility index (Phi) is 5.95. The van der Waals surface area contributed by atoms with E-state index < -0.39 is 10.0 Å². The summed E-state index contributed by atoms with van der Waals surface area (Å²) in [5.74, 6) is 0.467.